The van der Waals surface area contributed by atoms with Gasteiger partial charge in [-0.2, -0.15) is 4.31 Å². The van der Waals surface area contributed by atoms with Gasteiger partial charge in [0, 0.05) is 31.2 Å². The Morgan fingerprint density at radius 2 is 1.53 bits per heavy atom. The van der Waals surface area contributed by atoms with Crippen molar-refractivity contribution in [3.8, 4) is 0 Å². The number of nitrogens with zero attached hydrogens (tertiary/aromatic N) is 2. The fraction of sp³-hybridized carbons (Fsp3) is 0.400. The Hall–Kier alpha value is -1.85. The Balaban J connectivity index is 1.86. The molecule has 7 nitrogen and oxygen atoms in total. The summed E-state index contributed by atoms with van der Waals surface area (Å²) in [5.41, 5.74) is 0.271. The molecule has 0 aliphatic heterocycles. The fourth-order valence-electron chi connectivity index (χ4n) is 2.84. The van der Waals surface area contributed by atoms with Crippen molar-refractivity contribution in [2.24, 2.45) is 0 Å². The highest BCUT2D eigenvalue weighted by Gasteiger charge is 2.29. The number of nitrogens with one attached hydrogen (secondary N) is 1. The number of likely N-dealkylation sites (N-methyl/N-ethyl adjacent to an activating group) is 1. The minimum absolute atomic E-state index is 0.0160. The van der Waals surface area contributed by atoms with Gasteiger partial charge in [-0.1, -0.05) is 18.2 Å². The molecule has 1 aliphatic rings. The Morgan fingerprint density at radius 3 is 2.10 bits per heavy atom. The molecule has 2 aromatic carbocycles. The lowest BCUT2D eigenvalue weighted by Crippen LogP contribution is -2.36. The van der Waals surface area contributed by atoms with Crippen LogP contribution in [0.3, 0.4) is 0 Å². The van der Waals surface area contributed by atoms with Gasteiger partial charge in [0.15, 0.2) is 0 Å². The van der Waals surface area contributed by atoms with E-state index in [9.17, 15) is 21.2 Å². The molecule has 0 saturated heterocycles. The van der Waals surface area contributed by atoms with Crippen LogP contribution in [0.15, 0.2) is 58.3 Å². The lowest BCUT2D eigenvalue weighted by atomic mass is 10.2. The zero-order valence-electron chi connectivity index (χ0n) is 17.0. The number of rotatable bonds is 10. The molecule has 0 bridgehead atoms. The zero-order chi connectivity index (χ0) is 21.9. The highest BCUT2D eigenvalue weighted by atomic mass is 32.2. The van der Waals surface area contributed by atoms with E-state index in [1.807, 2.05) is 19.0 Å². The van der Waals surface area contributed by atoms with Gasteiger partial charge in [0.25, 0.3) is 0 Å². The highest BCUT2D eigenvalue weighted by Crippen LogP contribution is 2.24. The molecular formula is C20H26FN3O4S2. The van der Waals surface area contributed by atoms with Crippen LogP contribution in [0.2, 0.25) is 0 Å². The Labute approximate surface area is 177 Å². The molecule has 10 heteroatoms. The Bertz CT molecular complexity index is 1080. The van der Waals surface area contributed by atoms with Crippen LogP contribution in [0.1, 0.15) is 18.4 Å². The molecule has 1 saturated carbocycles. The van der Waals surface area contributed by atoms with Crippen molar-refractivity contribution in [3.63, 3.8) is 0 Å². The van der Waals surface area contributed by atoms with Crippen LogP contribution in [0, 0.1) is 5.82 Å². The third kappa shape index (κ3) is 5.64. The van der Waals surface area contributed by atoms with Crippen LogP contribution < -0.4 is 4.72 Å². The lowest BCUT2D eigenvalue weighted by Gasteiger charge is -2.24. The third-order valence-electron chi connectivity index (χ3n) is 4.77. The maximum Gasteiger partial charge on any atom is 0.243 e. The maximum absolute atomic E-state index is 14.1. The summed E-state index contributed by atoms with van der Waals surface area (Å²) in [6.07, 6.45) is 1.62. The van der Waals surface area contributed by atoms with E-state index >= 15 is 0 Å². The second-order valence-corrected chi connectivity index (χ2v) is 11.3. The summed E-state index contributed by atoms with van der Waals surface area (Å²) in [4.78, 5) is 1.81. The van der Waals surface area contributed by atoms with Crippen molar-refractivity contribution in [3.05, 3.63) is 59.9 Å². The van der Waals surface area contributed by atoms with Crippen molar-refractivity contribution in [1.82, 2.24) is 13.9 Å². The Morgan fingerprint density at radius 1 is 0.933 bits per heavy atom. The predicted octanol–water partition coefficient (Wildman–Crippen LogP) is 2.02. The second kappa shape index (κ2) is 9.11. The summed E-state index contributed by atoms with van der Waals surface area (Å²) in [6, 6.07) is 11.1. The number of hydrogen-bond donors (Lipinski definition) is 1. The van der Waals surface area contributed by atoms with Crippen LogP contribution in [-0.2, 0) is 26.6 Å². The predicted molar refractivity (Wildman–Crippen MR) is 112 cm³/mol. The van der Waals surface area contributed by atoms with Crippen LogP contribution in [-0.4, -0.2) is 59.3 Å². The van der Waals surface area contributed by atoms with Crippen molar-refractivity contribution < 1.29 is 21.2 Å². The normalized spacial score (nSPS) is 15.1. The molecule has 164 valence electrons. The number of halogens is 1. The van der Waals surface area contributed by atoms with Gasteiger partial charge in [-0.15, -0.1) is 0 Å². The second-order valence-electron chi connectivity index (χ2n) is 7.60. The van der Waals surface area contributed by atoms with E-state index in [4.69, 9.17) is 0 Å². The molecule has 30 heavy (non-hydrogen) atoms. The zero-order valence-corrected chi connectivity index (χ0v) is 18.6. The first-order valence-corrected chi connectivity index (χ1v) is 12.5. The molecule has 1 N–H and O–H groups in total. The van der Waals surface area contributed by atoms with Crippen molar-refractivity contribution in [1.29, 1.82) is 0 Å². The van der Waals surface area contributed by atoms with E-state index in [1.165, 1.54) is 34.6 Å². The molecule has 0 radical (unpaired) electrons. The standard InChI is InChI=1S/C20H26FN3O4S2/c1-23(2)13-14-24(15-16-5-3-4-6-20(16)21)30(27,28)19-11-9-18(10-12-19)29(25,26)22-17-7-8-17/h3-6,9-12,17,22H,7-8,13-15H2,1-2H3. The molecule has 0 unspecified atom stereocenters. The summed E-state index contributed by atoms with van der Waals surface area (Å²) in [5.74, 6) is -0.477. The van der Waals surface area contributed by atoms with Crippen LogP contribution in [0.25, 0.3) is 0 Å². The molecule has 3 rings (SSSR count). The van der Waals surface area contributed by atoms with Crippen LogP contribution in [0.4, 0.5) is 4.39 Å². The first kappa shape index (κ1) is 22.8. The van der Waals surface area contributed by atoms with E-state index in [-0.39, 0.29) is 34.5 Å². The number of benzene rings is 2. The number of sulfonamides is 2. The van der Waals surface area contributed by atoms with E-state index < -0.39 is 25.9 Å². The van der Waals surface area contributed by atoms with Crippen molar-refractivity contribution >= 4 is 20.0 Å². The molecule has 1 fully saturated rings. The molecule has 0 amide bonds. The van der Waals surface area contributed by atoms with Crippen LogP contribution in [0.5, 0.6) is 0 Å². The van der Waals surface area contributed by atoms with Gasteiger partial charge >= 0.3 is 0 Å². The Kier molecular flexibility index (Phi) is 6.93. The molecule has 2 aromatic rings. The molecule has 0 spiro atoms. The summed E-state index contributed by atoms with van der Waals surface area (Å²) >= 11 is 0. The molecule has 1 aliphatic carbocycles. The van der Waals surface area contributed by atoms with Gasteiger partial charge in [-0.05, 0) is 57.3 Å². The lowest BCUT2D eigenvalue weighted by molar-refractivity contribution is 0.326. The first-order valence-electron chi connectivity index (χ1n) is 9.60. The van der Waals surface area contributed by atoms with E-state index in [2.05, 4.69) is 4.72 Å². The SMILES string of the molecule is CN(C)CCN(Cc1ccccc1F)S(=O)(=O)c1ccc(S(=O)(=O)NC2CC2)cc1. The smallest absolute Gasteiger partial charge is 0.243 e. The minimum atomic E-state index is -3.96. The topological polar surface area (TPSA) is 86.8 Å². The summed E-state index contributed by atoms with van der Waals surface area (Å²) in [7, 11) is -3.99. The first-order chi connectivity index (χ1) is 14.1. The van der Waals surface area contributed by atoms with E-state index in [0.717, 1.165) is 12.8 Å². The minimum Gasteiger partial charge on any atom is -0.308 e. The molecular weight excluding hydrogens is 429 g/mol. The van der Waals surface area contributed by atoms with Crippen molar-refractivity contribution in [2.45, 2.75) is 35.2 Å². The maximum atomic E-state index is 14.1. The largest absolute Gasteiger partial charge is 0.308 e. The summed E-state index contributed by atoms with van der Waals surface area (Å²) < 4.78 is 69.0. The van der Waals surface area contributed by atoms with Gasteiger partial charge in [0.1, 0.15) is 5.82 Å². The third-order valence-corrected chi connectivity index (χ3v) is 8.17. The summed E-state index contributed by atoms with van der Waals surface area (Å²) in [5, 5.41) is 0. The van der Waals surface area contributed by atoms with Gasteiger partial charge < -0.3 is 4.90 Å². The van der Waals surface area contributed by atoms with E-state index in [0.29, 0.717) is 6.54 Å². The van der Waals surface area contributed by atoms with Gasteiger partial charge in [0.2, 0.25) is 20.0 Å². The molecule has 0 atom stereocenters. The molecule has 0 aromatic heterocycles. The van der Waals surface area contributed by atoms with E-state index in [1.54, 1.807) is 18.2 Å². The highest BCUT2D eigenvalue weighted by molar-refractivity contribution is 7.89. The van der Waals surface area contributed by atoms with Gasteiger partial charge in [-0.3, -0.25) is 0 Å². The molecule has 0 heterocycles. The monoisotopic (exact) mass is 455 g/mol. The van der Waals surface area contributed by atoms with Gasteiger partial charge in [0.05, 0.1) is 9.79 Å². The fourth-order valence-corrected chi connectivity index (χ4v) is 5.56. The van der Waals surface area contributed by atoms with Crippen molar-refractivity contribution in [2.75, 3.05) is 27.2 Å². The number of hydrogen-bond acceptors (Lipinski definition) is 5. The average molecular weight is 456 g/mol. The van der Waals surface area contributed by atoms with Gasteiger partial charge in [-0.25, -0.2) is 25.9 Å². The average Bonchev–Trinajstić information content (AvgIpc) is 3.49. The summed E-state index contributed by atoms with van der Waals surface area (Å²) in [6.45, 7) is 0.491. The van der Waals surface area contributed by atoms with Crippen LogP contribution >= 0.6 is 0 Å². The quantitative estimate of drug-likeness (QED) is 0.592.